The average Bonchev–Trinajstić information content (AvgIpc) is 3.34. The highest BCUT2D eigenvalue weighted by Gasteiger charge is 2.61. The Morgan fingerprint density at radius 2 is 1.76 bits per heavy atom. The maximum Gasteiger partial charge on any atom is 0.156 e. The van der Waals surface area contributed by atoms with Gasteiger partial charge in [-0.1, -0.05) is 25.5 Å². The first kappa shape index (κ1) is 22.8. The predicted octanol–water partition coefficient (Wildman–Crippen LogP) is 6.93. The second-order valence-corrected chi connectivity index (χ2v) is 13.5. The number of benzene rings is 1. The number of Topliss-reactive ketones (excluding diaryl/α,β-unsaturated/α-hetero) is 1. The SMILES string of the molecule is Cc1ccc2c(ccn2CC(=O)[C@H]2CC[C@H]3[C@@H]4CC[C@@H]5C[C@](C)(O)CC[C@]5(C)[C@H]4CC[C@]23C)c1. The summed E-state index contributed by atoms with van der Waals surface area (Å²) >= 11 is 0. The molecule has 2 aromatic rings. The first-order valence-corrected chi connectivity index (χ1v) is 13.9. The summed E-state index contributed by atoms with van der Waals surface area (Å²) in [6.45, 7) is 9.73. The van der Waals surface area contributed by atoms with Gasteiger partial charge in [0.1, 0.15) is 0 Å². The van der Waals surface area contributed by atoms with Gasteiger partial charge >= 0.3 is 0 Å². The minimum absolute atomic E-state index is 0.168. The number of aryl methyl sites for hydroxylation is 1. The Morgan fingerprint density at radius 3 is 2.59 bits per heavy atom. The largest absolute Gasteiger partial charge is 0.390 e. The van der Waals surface area contributed by atoms with Crippen molar-refractivity contribution in [2.75, 3.05) is 0 Å². The first-order valence-electron chi connectivity index (χ1n) is 13.9. The molecule has 6 rings (SSSR count). The molecular formula is C31H43NO2. The van der Waals surface area contributed by atoms with Crippen molar-refractivity contribution in [1.82, 2.24) is 4.57 Å². The monoisotopic (exact) mass is 461 g/mol. The molecule has 4 aliphatic rings. The van der Waals surface area contributed by atoms with Crippen LogP contribution in [0.25, 0.3) is 10.9 Å². The highest BCUT2D eigenvalue weighted by molar-refractivity contribution is 5.86. The van der Waals surface area contributed by atoms with Gasteiger partial charge in [0, 0.05) is 17.6 Å². The van der Waals surface area contributed by atoms with Crippen LogP contribution in [-0.4, -0.2) is 21.1 Å². The van der Waals surface area contributed by atoms with Crippen LogP contribution in [0.3, 0.4) is 0 Å². The van der Waals surface area contributed by atoms with E-state index in [0.717, 1.165) is 31.1 Å². The van der Waals surface area contributed by atoms with Crippen molar-refractivity contribution in [2.45, 2.75) is 97.6 Å². The van der Waals surface area contributed by atoms with Gasteiger partial charge in [-0.25, -0.2) is 0 Å². The fourth-order valence-electron chi connectivity index (χ4n) is 9.70. The normalized spacial score (nSPS) is 43.9. The van der Waals surface area contributed by atoms with E-state index in [0.29, 0.717) is 29.6 Å². The zero-order valence-corrected chi connectivity index (χ0v) is 21.6. The van der Waals surface area contributed by atoms with Crippen molar-refractivity contribution in [3.63, 3.8) is 0 Å². The molecule has 1 heterocycles. The van der Waals surface area contributed by atoms with E-state index >= 15 is 0 Å². The summed E-state index contributed by atoms with van der Waals surface area (Å²) in [5.41, 5.74) is 2.54. The third-order valence-corrected chi connectivity index (χ3v) is 11.6. The lowest BCUT2D eigenvalue weighted by molar-refractivity contribution is -0.150. The van der Waals surface area contributed by atoms with Crippen LogP contribution < -0.4 is 0 Å². The number of ketones is 1. The Kier molecular flexibility index (Phi) is 5.16. The molecule has 3 nitrogen and oxygen atoms in total. The molecule has 1 N–H and O–H groups in total. The Morgan fingerprint density at radius 1 is 0.971 bits per heavy atom. The second-order valence-electron chi connectivity index (χ2n) is 13.5. The van der Waals surface area contributed by atoms with Gasteiger partial charge in [0.05, 0.1) is 12.1 Å². The van der Waals surface area contributed by atoms with Crippen LogP contribution in [0.4, 0.5) is 0 Å². The van der Waals surface area contributed by atoms with Crippen molar-refractivity contribution in [1.29, 1.82) is 0 Å². The fraction of sp³-hybridized carbons (Fsp3) is 0.710. The molecule has 4 fully saturated rings. The number of rotatable bonds is 3. The zero-order chi connectivity index (χ0) is 23.9. The van der Waals surface area contributed by atoms with Crippen molar-refractivity contribution in [3.05, 3.63) is 36.0 Å². The minimum atomic E-state index is -0.466. The van der Waals surface area contributed by atoms with Crippen LogP contribution in [0.2, 0.25) is 0 Å². The molecule has 3 heteroatoms. The summed E-state index contributed by atoms with van der Waals surface area (Å²) in [7, 11) is 0. The summed E-state index contributed by atoms with van der Waals surface area (Å²) in [5.74, 6) is 3.59. The van der Waals surface area contributed by atoms with Crippen LogP contribution in [0.5, 0.6) is 0 Å². The average molecular weight is 462 g/mol. The number of fused-ring (bicyclic) bond motifs is 6. The van der Waals surface area contributed by atoms with E-state index in [-0.39, 0.29) is 11.3 Å². The summed E-state index contributed by atoms with van der Waals surface area (Å²) in [4.78, 5) is 13.8. The zero-order valence-electron chi connectivity index (χ0n) is 21.6. The van der Waals surface area contributed by atoms with E-state index < -0.39 is 5.60 Å². The van der Waals surface area contributed by atoms with Gasteiger partial charge in [-0.3, -0.25) is 4.79 Å². The highest BCUT2D eigenvalue weighted by Crippen LogP contribution is 2.68. The minimum Gasteiger partial charge on any atom is -0.390 e. The first-order chi connectivity index (χ1) is 16.1. The molecular weight excluding hydrogens is 418 g/mol. The lowest BCUT2D eigenvalue weighted by Gasteiger charge is -2.61. The van der Waals surface area contributed by atoms with Gasteiger partial charge in [-0.05, 0) is 130 Å². The van der Waals surface area contributed by atoms with E-state index in [9.17, 15) is 9.90 Å². The Labute approximate surface area is 205 Å². The third-order valence-electron chi connectivity index (χ3n) is 11.6. The summed E-state index contributed by atoms with van der Waals surface area (Å²) < 4.78 is 2.18. The van der Waals surface area contributed by atoms with Crippen molar-refractivity contribution in [3.8, 4) is 0 Å². The molecule has 184 valence electrons. The number of nitrogens with zero attached hydrogens (tertiary/aromatic N) is 1. The van der Waals surface area contributed by atoms with Gasteiger partial charge in [0.25, 0.3) is 0 Å². The molecule has 1 aromatic carbocycles. The molecule has 0 bridgehead atoms. The molecule has 4 saturated carbocycles. The molecule has 34 heavy (non-hydrogen) atoms. The molecule has 0 unspecified atom stereocenters. The van der Waals surface area contributed by atoms with E-state index in [1.807, 2.05) is 0 Å². The molecule has 1 aromatic heterocycles. The van der Waals surface area contributed by atoms with E-state index in [1.54, 1.807) is 0 Å². The van der Waals surface area contributed by atoms with Gasteiger partial charge in [-0.15, -0.1) is 0 Å². The van der Waals surface area contributed by atoms with Crippen LogP contribution in [0.15, 0.2) is 30.5 Å². The van der Waals surface area contributed by atoms with Gasteiger partial charge < -0.3 is 9.67 Å². The second kappa shape index (κ2) is 7.69. The topological polar surface area (TPSA) is 42.2 Å². The molecule has 0 radical (unpaired) electrons. The summed E-state index contributed by atoms with van der Waals surface area (Å²) in [6, 6.07) is 8.69. The quantitative estimate of drug-likeness (QED) is 0.538. The lowest BCUT2D eigenvalue weighted by atomic mass is 9.44. The Bertz CT molecular complexity index is 1110. The van der Waals surface area contributed by atoms with Crippen molar-refractivity contribution < 1.29 is 9.90 Å². The number of carbonyl (C=O) groups excluding carboxylic acids is 1. The van der Waals surface area contributed by atoms with E-state index in [2.05, 4.69) is 62.7 Å². The van der Waals surface area contributed by atoms with Crippen LogP contribution >= 0.6 is 0 Å². The number of hydrogen-bond acceptors (Lipinski definition) is 2. The van der Waals surface area contributed by atoms with Gasteiger partial charge in [-0.2, -0.15) is 0 Å². The van der Waals surface area contributed by atoms with Crippen LogP contribution in [0.1, 0.15) is 84.1 Å². The molecule has 0 aliphatic heterocycles. The molecule has 0 amide bonds. The molecule has 4 aliphatic carbocycles. The maximum absolute atomic E-state index is 13.8. The highest BCUT2D eigenvalue weighted by atomic mass is 16.3. The molecule has 0 saturated heterocycles. The number of aliphatic hydroxyl groups is 1. The van der Waals surface area contributed by atoms with Crippen LogP contribution in [0, 0.1) is 47.3 Å². The number of aromatic nitrogens is 1. The number of carbonyl (C=O) groups is 1. The third kappa shape index (κ3) is 3.36. The van der Waals surface area contributed by atoms with E-state index in [4.69, 9.17) is 0 Å². The van der Waals surface area contributed by atoms with Gasteiger partial charge in [0.15, 0.2) is 5.78 Å². The smallest absolute Gasteiger partial charge is 0.156 e. The number of hydrogen-bond donors (Lipinski definition) is 1. The Hall–Kier alpha value is -1.61. The Balaban J connectivity index is 1.21. The van der Waals surface area contributed by atoms with Crippen molar-refractivity contribution >= 4 is 16.7 Å². The maximum atomic E-state index is 13.8. The molecule has 8 atom stereocenters. The lowest BCUT2D eigenvalue weighted by Crippen LogP contribution is -2.55. The standard InChI is InChI=1S/C31H43NO2/c1-20-5-10-27-21(17-20)12-16-32(27)19-28(33)26-9-8-24-23-7-6-22-18-29(2,34)14-15-30(22,3)25(23)11-13-31(24,26)4/h5,10,12,16-17,22-26,34H,6-9,11,13-15,18-19H2,1-4H3/t22-,23+,24+,25+,26-,29-,30+,31+/m1/s1. The summed E-state index contributed by atoms with van der Waals surface area (Å²) in [5, 5.41) is 12.0. The van der Waals surface area contributed by atoms with Crippen molar-refractivity contribution in [2.24, 2.45) is 40.4 Å². The van der Waals surface area contributed by atoms with E-state index in [1.165, 1.54) is 55.0 Å². The molecule has 0 spiro atoms. The van der Waals surface area contributed by atoms with Crippen LogP contribution in [-0.2, 0) is 11.3 Å². The summed E-state index contributed by atoms with van der Waals surface area (Å²) in [6.07, 6.45) is 12.6. The van der Waals surface area contributed by atoms with Gasteiger partial charge in [0.2, 0.25) is 0 Å². The fourth-order valence-corrected chi connectivity index (χ4v) is 9.70. The predicted molar refractivity (Wildman–Crippen MR) is 138 cm³/mol.